The smallest absolute Gasteiger partial charge is 0.393 e. The third kappa shape index (κ3) is 3.24. The van der Waals surface area contributed by atoms with Crippen molar-refractivity contribution in [2.75, 3.05) is 18.5 Å². The van der Waals surface area contributed by atoms with Gasteiger partial charge in [-0.2, -0.15) is 13.2 Å². The average Bonchev–Trinajstić information content (AvgIpc) is 2.35. The zero-order valence-corrected chi connectivity index (χ0v) is 11.2. The molecule has 6 heteroatoms. The molecule has 1 aromatic rings. The second-order valence-electron chi connectivity index (χ2n) is 5.37. The van der Waals surface area contributed by atoms with E-state index in [4.69, 9.17) is 5.11 Å². The molecule has 0 spiro atoms. The molecular weight excluding hydrogens is 271 g/mol. The Bertz CT molecular complexity index is 470. The molecule has 112 valence electrons. The molecule has 0 unspecified atom stereocenters. The van der Waals surface area contributed by atoms with Crippen LogP contribution in [0.1, 0.15) is 24.0 Å². The minimum Gasteiger partial charge on any atom is -0.393 e. The van der Waals surface area contributed by atoms with E-state index in [1.165, 1.54) is 6.07 Å². The van der Waals surface area contributed by atoms with E-state index in [1.807, 2.05) is 0 Å². The van der Waals surface area contributed by atoms with Gasteiger partial charge in [-0.05, 0) is 36.5 Å². The van der Waals surface area contributed by atoms with Crippen LogP contribution in [-0.4, -0.2) is 29.9 Å². The number of aliphatic hydroxyl groups is 2. The van der Waals surface area contributed by atoms with Gasteiger partial charge in [-0.3, -0.25) is 0 Å². The van der Waals surface area contributed by atoms with Crippen molar-refractivity contribution in [2.45, 2.75) is 31.7 Å². The molecule has 3 nitrogen and oxygen atoms in total. The van der Waals surface area contributed by atoms with E-state index in [0.717, 1.165) is 6.07 Å². The molecule has 1 aliphatic carbocycles. The number of hydrogen-bond acceptors (Lipinski definition) is 3. The van der Waals surface area contributed by atoms with E-state index < -0.39 is 18.3 Å². The number of rotatable bonds is 4. The number of benzene rings is 1. The number of halogens is 3. The maximum absolute atomic E-state index is 12.9. The minimum absolute atomic E-state index is 0.117. The lowest BCUT2D eigenvalue weighted by Gasteiger charge is -2.35. The van der Waals surface area contributed by atoms with E-state index in [9.17, 15) is 18.3 Å². The monoisotopic (exact) mass is 289 g/mol. The summed E-state index contributed by atoms with van der Waals surface area (Å²) in [5.41, 5.74) is -0.442. The molecule has 0 bridgehead atoms. The van der Waals surface area contributed by atoms with Gasteiger partial charge in [0.1, 0.15) is 0 Å². The SMILES string of the molecule is CN(CC1CC(O)C1)c1ccc(CO)c(C(F)(F)F)c1. The Morgan fingerprint density at radius 1 is 1.30 bits per heavy atom. The van der Waals surface area contributed by atoms with Crippen LogP contribution in [0.2, 0.25) is 0 Å². The van der Waals surface area contributed by atoms with Crippen molar-refractivity contribution in [3.63, 3.8) is 0 Å². The summed E-state index contributed by atoms with van der Waals surface area (Å²) in [6, 6.07) is 3.96. The molecule has 1 fully saturated rings. The van der Waals surface area contributed by atoms with E-state index in [2.05, 4.69) is 0 Å². The third-order valence-electron chi connectivity index (χ3n) is 3.75. The summed E-state index contributed by atoms with van der Waals surface area (Å²) in [5.74, 6) is 0.321. The number of alkyl halides is 3. The minimum atomic E-state index is -4.47. The van der Waals surface area contributed by atoms with Gasteiger partial charge < -0.3 is 15.1 Å². The second-order valence-corrected chi connectivity index (χ2v) is 5.37. The molecule has 0 amide bonds. The molecule has 1 saturated carbocycles. The summed E-state index contributed by atoms with van der Waals surface area (Å²) in [6.45, 7) is -0.0134. The number of aliphatic hydroxyl groups excluding tert-OH is 2. The van der Waals surface area contributed by atoms with Crippen molar-refractivity contribution in [3.05, 3.63) is 29.3 Å². The lowest BCUT2D eigenvalue weighted by molar-refractivity contribution is -0.138. The average molecular weight is 289 g/mol. The molecule has 0 saturated heterocycles. The van der Waals surface area contributed by atoms with Gasteiger partial charge in [0, 0.05) is 19.3 Å². The highest BCUT2D eigenvalue weighted by molar-refractivity contribution is 5.51. The van der Waals surface area contributed by atoms with Crippen LogP contribution in [0.3, 0.4) is 0 Å². The Morgan fingerprint density at radius 2 is 1.95 bits per heavy atom. The second kappa shape index (κ2) is 5.61. The standard InChI is InChI=1S/C14H18F3NO2/c1-18(7-9-4-12(20)5-9)11-3-2-10(8-19)13(6-11)14(15,16)17/h2-3,6,9,12,19-20H,4-5,7-8H2,1H3. The summed E-state index contributed by atoms with van der Waals surface area (Å²) in [7, 11) is 1.73. The van der Waals surface area contributed by atoms with Crippen molar-refractivity contribution < 1.29 is 23.4 Å². The van der Waals surface area contributed by atoms with Gasteiger partial charge in [0.2, 0.25) is 0 Å². The van der Waals surface area contributed by atoms with E-state index in [1.54, 1.807) is 18.0 Å². The van der Waals surface area contributed by atoms with Gasteiger partial charge in [0.05, 0.1) is 18.3 Å². The van der Waals surface area contributed by atoms with Crippen LogP contribution in [0.25, 0.3) is 0 Å². The highest BCUT2D eigenvalue weighted by Gasteiger charge is 2.34. The normalized spacial score (nSPS) is 22.5. The summed E-state index contributed by atoms with van der Waals surface area (Å²) in [5, 5.41) is 18.2. The molecule has 0 aliphatic heterocycles. The maximum atomic E-state index is 12.9. The van der Waals surface area contributed by atoms with Crippen molar-refractivity contribution in [1.29, 1.82) is 0 Å². The molecule has 1 aliphatic rings. The Hall–Kier alpha value is -1.27. The Morgan fingerprint density at radius 3 is 2.45 bits per heavy atom. The van der Waals surface area contributed by atoms with Gasteiger partial charge in [-0.15, -0.1) is 0 Å². The number of nitrogens with zero attached hydrogens (tertiary/aromatic N) is 1. The fourth-order valence-electron chi connectivity index (χ4n) is 2.55. The Balaban J connectivity index is 2.15. The van der Waals surface area contributed by atoms with Crippen LogP contribution in [0.5, 0.6) is 0 Å². The number of hydrogen-bond donors (Lipinski definition) is 2. The quantitative estimate of drug-likeness (QED) is 0.894. The van der Waals surface area contributed by atoms with Crippen molar-refractivity contribution in [2.24, 2.45) is 5.92 Å². The predicted molar refractivity (Wildman–Crippen MR) is 69.4 cm³/mol. The fraction of sp³-hybridized carbons (Fsp3) is 0.571. The third-order valence-corrected chi connectivity index (χ3v) is 3.75. The van der Waals surface area contributed by atoms with Crippen LogP contribution in [-0.2, 0) is 12.8 Å². The van der Waals surface area contributed by atoms with Crippen LogP contribution >= 0.6 is 0 Å². The first-order valence-corrected chi connectivity index (χ1v) is 6.51. The van der Waals surface area contributed by atoms with Gasteiger partial charge in [0.15, 0.2) is 0 Å². The molecular formula is C14H18F3NO2. The summed E-state index contributed by atoms with van der Waals surface area (Å²) in [4.78, 5) is 1.76. The van der Waals surface area contributed by atoms with Crippen LogP contribution in [0.15, 0.2) is 18.2 Å². The zero-order valence-electron chi connectivity index (χ0n) is 11.2. The molecule has 0 atom stereocenters. The van der Waals surface area contributed by atoms with Gasteiger partial charge in [-0.1, -0.05) is 6.07 Å². The highest BCUT2D eigenvalue weighted by Crippen LogP contribution is 2.35. The van der Waals surface area contributed by atoms with Crippen LogP contribution in [0, 0.1) is 5.92 Å². The lowest BCUT2D eigenvalue weighted by Crippen LogP contribution is -2.37. The number of anilines is 1. The summed E-state index contributed by atoms with van der Waals surface area (Å²) in [6.07, 6.45) is -3.34. The topological polar surface area (TPSA) is 43.7 Å². The molecule has 20 heavy (non-hydrogen) atoms. The molecule has 0 radical (unpaired) electrons. The zero-order chi connectivity index (χ0) is 14.9. The van der Waals surface area contributed by atoms with Crippen molar-refractivity contribution in [1.82, 2.24) is 0 Å². The predicted octanol–water partition coefficient (Wildman–Crippen LogP) is 2.40. The summed E-state index contributed by atoms with van der Waals surface area (Å²) >= 11 is 0. The van der Waals surface area contributed by atoms with Gasteiger partial charge in [-0.25, -0.2) is 0 Å². The van der Waals surface area contributed by atoms with Crippen LogP contribution < -0.4 is 4.90 Å². The van der Waals surface area contributed by atoms with E-state index >= 15 is 0 Å². The first-order valence-electron chi connectivity index (χ1n) is 6.51. The van der Waals surface area contributed by atoms with Gasteiger partial charge >= 0.3 is 6.18 Å². The molecule has 2 N–H and O–H groups in total. The van der Waals surface area contributed by atoms with E-state index in [-0.39, 0.29) is 11.7 Å². The molecule has 0 heterocycles. The lowest BCUT2D eigenvalue weighted by atomic mass is 9.82. The van der Waals surface area contributed by atoms with Crippen molar-refractivity contribution >= 4 is 5.69 Å². The van der Waals surface area contributed by atoms with Crippen molar-refractivity contribution in [3.8, 4) is 0 Å². The highest BCUT2D eigenvalue weighted by atomic mass is 19.4. The first-order chi connectivity index (χ1) is 9.31. The molecule has 2 rings (SSSR count). The van der Waals surface area contributed by atoms with E-state index in [0.29, 0.717) is 31.0 Å². The Kier molecular flexibility index (Phi) is 4.25. The van der Waals surface area contributed by atoms with Crippen LogP contribution in [0.4, 0.5) is 18.9 Å². The molecule has 0 aromatic heterocycles. The Labute approximate surface area is 115 Å². The fourth-order valence-corrected chi connectivity index (χ4v) is 2.55. The maximum Gasteiger partial charge on any atom is 0.416 e. The summed E-state index contributed by atoms with van der Waals surface area (Å²) < 4.78 is 38.7. The largest absolute Gasteiger partial charge is 0.416 e. The first kappa shape index (κ1) is 15.1. The van der Waals surface area contributed by atoms with Gasteiger partial charge in [0.25, 0.3) is 0 Å². The molecule has 1 aromatic carbocycles.